The number of nitrogens with two attached hydrogens (primary N) is 1. The number of fused-ring (bicyclic) bond motifs is 1. The van der Waals surface area contributed by atoms with Gasteiger partial charge in [0.25, 0.3) is 0 Å². The summed E-state index contributed by atoms with van der Waals surface area (Å²) in [5.41, 5.74) is 9.76. The summed E-state index contributed by atoms with van der Waals surface area (Å²) in [6, 6.07) is 23.5. The van der Waals surface area contributed by atoms with E-state index >= 15 is 0 Å². The SMILES string of the molecule is NCc1cc(Cc2ccccc2)cc2ccccc12. The normalized spacial score (nSPS) is 10.8. The van der Waals surface area contributed by atoms with Crippen LogP contribution in [0.2, 0.25) is 0 Å². The zero-order chi connectivity index (χ0) is 13.1. The third-order valence-electron chi connectivity index (χ3n) is 3.48. The smallest absolute Gasteiger partial charge is 0.0184 e. The van der Waals surface area contributed by atoms with Crippen molar-refractivity contribution >= 4 is 10.8 Å². The van der Waals surface area contributed by atoms with Crippen molar-refractivity contribution in [1.82, 2.24) is 0 Å². The Labute approximate surface area is 113 Å². The lowest BCUT2D eigenvalue weighted by Crippen LogP contribution is -1.99. The van der Waals surface area contributed by atoms with Crippen LogP contribution < -0.4 is 5.73 Å². The van der Waals surface area contributed by atoms with Crippen molar-refractivity contribution < 1.29 is 0 Å². The maximum atomic E-state index is 5.88. The van der Waals surface area contributed by atoms with E-state index in [1.807, 2.05) is 0 Å². The molecule has 0 spiro atoms. The molecule has 0 aromatic heterocycles. The summed E-state index contributed by atoms with van der Waals surface area (Å²) in [5, 5.41) is 2.54. The van der Waals surface area contributed by atoms with Gasteiger partial charge in [-0.15, -0.1) is 0 Å². The molecule has 94 valence electrons. The van der Waals surface area contributed by atoms with E-state index in [0.717, 1.165) is 6.42 Å². The molecule has 0 unspecified atom stereocenters. The summed E-state index contributed by atoms with van der Waals surface area (Å²) in [6.45, 7) is 0.586. The lowest BCUT2D eigenvalue weighted by molar-refractivity contribution is 1.07. The van der Waals surface area contributed by atoms with E-state index in [1.54, 1.807) is 0 Å². The predicted octanol–water partition coefficient (Wildman–Crippen LogP) is 3.89. The van der Waals surface area contributed by atoms with Crippen LogP contribution in [0.4, 0.5) is 0 Å². The quantitative estimate of drug-likeness (QED) is 0.746. The van der Waals surface area contributed by atoms with E-state index in [0.29, 0.717) is 6.54 Å². The Morgan fingerprint density at radius 2 is 1.47 bits per heavy atom. The highest BCUT2D eigenvalue weighted by Crippen LogP contribution is 2.22. The lowest BCUT2D eigenvalue weighted by atomic mass is 9.97. The largest absolute Gasteiger partial charge is 0.326 e. The maximum absolute atomic E-state index is 5.88. The monoisotopic (exact) mass is 247 g/mol. The van der Waals surface area contributed by atoms with Gasteiger partial charge in [0.1, 0.15) is 0 Å². The molecule has 0 aliphatic rings. The number of benzene rings is 3. The highest BCUT2D eigenvalue weighted by atomic mass is 14.5. The van der Waals surface area contributed by atoms with E-state index in [-0.39, 0.29) is 0 Å². The first-order chi connectivity index (χ1) is 9.36. The van der Waals surface area contributed by atoms with Crippen LogP contribution >= 0.6 is 0 Å². The molecule has 1 heteroatoms. The Morgan fingerprint density at radius 3 is 2.26 bits per heavy atom. The molecule has 0 aliphatic carbocycles. The molecule has 0 saturated heterocycles. The molecular formula is C18H17N. The molecule has 0 fully saturated rings. The Bertz CT molecular complexity index is 686. The predicted molar refractivity (Wildman–Crippen MR) is 81.1 cm³/mol. The maximum Gasteiger partial charge on any atom is 0.0184 e. The van der Waals surface area contributed by atoms with Gasteiger partial charge in [-0.1, -0.05) is 66.7 Å². The van der Waals surface area contributed by atoms with Gasteiger partial charge in [0.2, 0.25) is 0 Å². The molecule has 19 heavy (non-hydrogen) atoms. The summed E-state index contributed by atoms with van der Waals surface area (Å²) >= 11 is 0. The molecular weight excluding hydrogens is 230 g/mol. The fourth-order valence-corrected chi connectivity index (χ4v) is 2.56. The third kappa shape index (κ3) is 2.51. The van der Waals surface area contributed by atoms with Crippen LogP contribution in [0.15, 0.2) is 66.7 Å². The molecule has 3 aromatic rings. The van der Waals surface area contributed by atoms with Crippen LogP contribution in [-0.4, -0.2) is 0 Å². The summed E-state index contributed by atoms with van der Waals surface area (Å²) in [5.74, 6) is 0. The Kier molecular flexibility index (Phi) is 3.30. The average Bonchev–Trinajstić information content (AvgIpc) is 2.47. The van der Waals surface area contributed by atoms with E-state index in [1.165, 1.54) is 27.5 Å². The minimum atomic E-state index is 0.586. The second-order valence-electron chi connectivity index (χ2n) is 4.84. The van der Waals surface area contributed by atoms with Crippen molar-refractivity contribution in [3.8, 4) is 0 Å². The second-order valence-corrected chi connectivity index (χ2v) is 4.84. The van der Waals surface area contributed by atoms with Crippen LogP contribution in [0.5, 0.6) is 0 Å². The fraction of sp³-hybridized carbons (Fsp3) is 0.111. The first-order valence-corrected chi connectivity index (χ1v) is 6.61. The van der Waals surface area contributed by atoms with Crippen LogP contribution in [0.25, 0.3) is 10.8 Å². The van der Waals surface area contributed by atoms with Gasteiger partial charge < -0.3 is 5.73 Å². The Balaban J connectivity index is 2.05. The van der Waals surface area contributed by atoms with Gasteiger partial charge in [0.15, 0.2) is 0 Å². The third-order valence-corrected chi connectivity index (χ3v) is 3.48. The van der Waals surface area contributed by atoms with Crippen molar-refractivity contribution in [2.75, 3.05) is 0 Å². The molecule has 1 nitrogen and oxygen atoms in total. The van der Waals surface area contributed by atoms with Gasteiger partial charge in [-0.3, -0.25) is 0 Å². The lowest BCUT2D eigenvalue weighted by Gasteiger charge is -2.09. The molecule has 0 saturated carbocycles. The van der Waals surface area contributed by atoms with E-state index in [4.69, 9.17) is 5.73 Å². The summed E-state index contributed by atoms with van der Waals surface area (Å²) in [6.07, 6.45) is 0.957. The van der Waals surface area contributed by atoms with Crippen LogP contribution in [0, 0.1) is 0 Å². The first-order valence-electron chi connectivity index (χ1n) is 6.61. The molecule has 0 radical (unpaired) electrons. The van der Waals surface area contributed by atoms with Gasteiger partial charge in [-0.05, 0) is 33.9 Å². The number of rotatable bonds is 3. The molecule has 2 N–H and O–H groups in total. The highest BCUT2D eigenvalue weighted by molar-refractivity contribution is 5.86. The van der Waals surface area contributed by atoms with Crippen LogP contribution in [0.3, 0.4) is 0 Å². The van der Waals surface area contributed by atoms with E-state index in [2.05, 4.69) is 66.7 Å². The highest BCUT2D eigenvalue weighted by Gasteiger charge is 2.03. The number of hydrogen-bond donors (Lipinski definition) is 1. The topological polar surface area (TPSA) is 26.0 Å². The Hall–Kier alpha value is -2.12. The standard InChI is InChI=1S/C18H17N/c19-13-17-12-15(10-14-6-2-1-3-7-14)11-16-8-4-5-9-18(16)17/h1-9,11-12H,10,13,19H2. The molecule has 0 atom stereocenters. The first kappa shape index (κ1) is 11.9. The van der Waals surface area contributed by atoms with Crippen molar-refractivity contribution in [2.24, 2.45) is 5.73 Å². The van der Waals surface area contributed by atoms with Gasteiger partial charge >= 0.3 is 0 Å². The van der Waals surface area contributed by atoms with Crippen LogP contribution in [0.1, 0.15) is 16.7 Å². The molecule has 3 aromatic carbocycles. The van der Waals surface area contributed by atoms with Gasteiger partial charge in [-0.2, -0.15) is 0 Å². The molecule has 0 bridgehead atoms. The zero-order valence-corrected chi connectivity index (χ0v) is 10.8. The second kappa shape index (κ2) is 5.25. The number of hydrogen-bond acceptors (Lipinski definition) is 1. The van der Waals surface area contributed by atoms with Gasteiger partial charge in [0, 0.05) is 6.54 Å². The molecule has 3 rings (SSSR count). The van der Waals surface area contributed by atoms with Crippen molar-refractivity contribution in [2.45, 2.75) is 13.0 Å². The van der Waals surface area contributed by atoms with Gasteiger partial charge in [-0.25, -0.2) is 0 Å². The summed E-state index contributed by atoms with van der Waals surface area (Å²) in [7, 11) is 0. The summed E-state index contributed by atoms with van der Waals surface area (Å²) < 4.78 is 0. The minimum Gasteiger partial charge on any atom is -0.326 e. The minimum absolute atomic E-state index is 0.586. The van der Waals surface area contributed by atoms with Gasteiger partial charge in [0.05, 0.1) is 0 Å². The summed E-state index contributed by atoms with van der Waals surface area (Å²) in [4.78, 5) is 0. The van der Waals surface area contributed by atoms with Crippen LogP contribution in [-0.2, 0) is 13.0 Å². The molecule has 0 aliphatic heterocycles. The average molecular weight is 247 g/mol. The van der Waals surface area contributed by atoms with Crippen molar-refractivity contribution in [3.05, 3.63) is 83.4 Å². The van der Waals surface area contributed by atoms with E-state index in [9.17, 15) is 0 Å². The molecule has 0 heterocycles. The molecule has 0 amide bonds. The van der Waals surface area contributed by atoms with Crippen molar-refractivity contribution in [3.63, 3.8) is 0 Å². The zero-order valence-electron chi connectivity index (χ0n) is 10.8. The van der Waals surface area contributed by atoms with E-state index < -0.39 is 0 Å². The fourth-order valence-electron chi connectivity index (χ4n) is 2.56. The van der Waals surface area contributed by atoms with Crippen molar-refractivity contribution in [1.29, 1.82) is 0 Å². The Morgan fingerprint density at radius 1 is 0.737 bits per heavy atom.